The van der Waals surface area contributed by atoms with Crippen molar-refractivity contribution in [2.24, 2.45) is 11.7 Å². The van der Waals surface area contributed by atoms with E-state index >= 15 is 0 Å². The Balaban J connectivity index is 2.15. The van der Waals surface area contributed by atoms with Gasteiger partial charge in [-0.05, 0) is 37.3 Å². The van der Waals surface area contributed by atoms with Crippen LogP contribution in [-0.4, -0.2) is 35.1 Å². The van der Waals surface area contributed by atoms with Crippen molar-refractivity contribution in [3.8, 4) is 0 Å². The second-order valence-electron chi connectivity index (χ2n) is 6.53. The van der Waals surface area contributed by atoms with E-state index in [0.717, 1.165) is 25.8 Å². The Morgan fingerprint density at radius 1 is 1.38 bits per heavy atom. The number of hydrogen-bond donors (Lipinski definition) is 2. The molecule has 4 nitrogen and oxygen atoms in total. The van der Waals surface area contributed by atoms with Gasteiger partial charge in [-0.25, -0.2) is 4.79 Å². The summed E-state index contributed by atoms with van der Waals surface area (Å²) in [5, 5.41) is 9.66. The topological polar surface area (TPSA) is 66.6 Å². The van der Waals surface area contributed by atoms with Crippen molar-refractivity contribution in [2.75, 3.05) is 13.1 Å². The van der Waals surface area contributed by atoms with Crippen molar-refractivity contribution in [2.45, 2.75) is 44.7 Å². The summed E-state index contributed by atoms with van der Waals surface area (Å²) in [7, 11) is 0. The lowest BCUT2D eigenvalue weighted by molar-refractivity contribution is -0.144. The maximum atomic E-state index is 11.8. The second-order valence-corrected chi connectivity index (χ2v) is 6.53. The molecule has 1 unspecified atom stereocenters. The summed E-state index contributed by atoms with van der Waals surface area (Å²) in [6, 6.07) is 9.69. The van der Waals surface area contributed by atoms with Gasteiger partial charge in [0.05, 0.1) is 0 Å². The molecular weight excluding hydrogens is 264 g/mol. The molecule has 1 aromatic carbocycles. The van der Waals surface area contributed by atoms with E-state index in [1.807, 2.05) is 30.3 Å². The van der Waals surface area contributed by atoms with Gasteiger partial charge in [0.25, 0.3) is 0 Å². The maximum Gasteiger partial charge on any atom is 0.329 e. The summed E-state index contributed by atoms with van der Waals surface area (Å²) < 4.78 is 0. The van der Waals surface area contributed by atoms with Gasteiger partial charge >= 0.3 is 5.97 Å². The predicted molar refractivity (Wildman–Crippen MR) is 84.0 cm³/mol. The van der Waals surface area contributed by atoms with Gasteiger partial charge in [-0.1, -0.05) is 44.2 Å². The molecular formula is C17H26N2O2. The monoisotopic (exact) mass is 290 g/mol. The number of nitrogens with two attached hydrogens (primary N) is 1. The van der Waals surface area contributed by atoms with Gasteiger partial charge in [-0.3, -0.25) is 4.90 Å². The van der Waals surface area contributed by atoms with Crippen molar-refractivity contribution in [3.63, 3.8) is 0 Å². The van der Waals surface area contributed by atoms with Gasteiger partial charge in [-0.2, -0.15) is 0 Å². The summed E-state index contributed by atoms with van der Waals surface area (Å²) in [5.41, 5.74) is 5.64. The Hall–Kier alpha value is -1.39. The molecule has 1 aliphatic carbocycles. The molecule has 0 radical (unpaired) electrons. The molecule has 1 aliphatic rings. The fourth-order valence-corrected chi connectivity index (χ4v) is 2.59. The summed E-state index contributed by atoms with van der Waals surface area (Å²) in [6.07, 6.45) is 3.38. The van der Waals surface area contributed by atoms with Crippen molar-refractivity contribution >= 4 is 5.97 Å². The molecule has 21 heavy (non-hydrogen) atoms. The smallest absolute Gasteiger partial charge is 0.329 e. The molecule has 3 N–H and O–H groups in total. The van der Waals surface area contributed by atoms with Crippen LogP contribution in [0.25, 0.3) is 0 Å². The minimum Gasteiger partial charge on any atom is -0.480 e. The molecule has 0 aromatic heterocycles. The number of rotatable bonds is 8. The highest BCUT2D eigenvalue weighted by Crippen LogP contribution is 2.31. The van der Waals surface area contributed by atoms with Crippen LogP contribution < -0.4 is 5.73 Å². The Morgan fingerprint density at radius 3 is 2.48 bits per heavy atom. The lowest BCUT2D eigenvalue weighted by Gasteiger charge is -2.33. The van der Waals surface area contributed by atoms with Crippen LogP contribution in [0.5, 0.6) is 0 Å². The zero-order chi connectivity index (χ0) is 15.5. The molecule has 1 saturated carbocycles. The Bertz CT molecular complexity index is 471. The van der Waals surface area contributed by atoms with Gasteiger partial charge < -0.3 is 10.8 Å². The average Bonchev–Trinajstić information content (AvgIpc) is 3.28. The third kappa shape index (κ3) is 4.05. The predicted octanol–water partition coefficient (Wildman–Crippen LogP) is 2.44. The molecule has 0 aliphatic heterocycles. The number of carbonyl (C=O) groups is 1. The van der Waals surface area contributed by atoms with Crippen molar-refractivity contribution in [3.05, 3.63) is 35.9 Å². The third-order valence-electron chi connectivity index (χ3n) is 4.18. The molecule has 1 aromatic rings. The first-order valence-corrected chi connectivity index (χ1v) is 7.75. The van der Waals surface area contributed by atoms with Crippen LogP contribution in [0.3, 0.4) is 0 Å². The SMILES string of the molecule is CC(C)CCN(CC(N)(C(=O)O)c1ccccc1)C1CC1. The zero-order valence-electron chi connectivity index (χ0n) is 13.0. The molecule has 1 atom stereocenters. The van der Waals surface area contributed by atoms with Crippen LogP contribution in [0.2, 0.25) is 0 Å². The third-order valence-corrected chi connectivity index (χ3v) is 4.18. The maximum absolute atomic E-state index is 11.8. The molecule has 2 rings (SSSR count). The first kappa shape index (κ1) is 16.0. The van der Waals surface area contributed by atoms with Crippen LogP contribution in [0.4, 0.5) is 0 Å². The summed E-state index contributed by atoms with van der Waals surface area (Å²) >= 11 is 0. The van der Waals surface area contributed by atoms with Gasteiger partial charge in [0.1, 0.15) is 0 Å². The van der Waals surface area contributed by atoms with Crippen LogP contribution in [0.15, 0.2) is 30.3 Å². The van der Waals surface area contributed by atoms with Gasteiger partial charge in [0.2, 0.25) is 0 Å². The van der Waals surface area contributed by atoms with E-state index in [0.29, 0.717) is 24.1 Å². The van der Waals surface area contributed by atoms with E-state index in [9.17, 15) is 9.90 Å². The number of benzene rings is 1. The number of carboxylic acids is 1. The van der Waals surface area contributed by atoms with E-state index in [1.54, 1.807) is 0 Å². The largest absolute Gasteiger partial charge is 0.480 e. The number of aliphatic carboxylic acids is 1. The van der Waals surface area contributed by atoms with Crippen molar-refractivity contribution < 1.29 is 9.90 Å². The fraction of sp³-hybridized carbons (Fsp3) is 0.588. The number of carboxylic acid groups (broad SMARTS) is 1. The van der Waals surface area contributed by atoms with E-state index in [2.05, 4.69) is 18.7 Å². The Morgan fingerprint density at radius 2 is 2.00 bits per heavy atom. The Kier molecular flexibility index (Phi) is 5.01. The Labute approximate surface area is 126 Å². The summed E-state index contributed by atoms with van der Waals surface area (Å²) in [5.74, 6) is -0.344. The standard InChI is InChI=1S/C17H26N2O2/c1-13(2)10-11-19(15-8-9-15)12-17(18,16(20)21)14-6-4-3-5-7-14/h3-7,13,15H,8-12,18H2,1-2H3,(H,20,21). The highest BCUT2D eigenvalue weighted by Gasteiger charge is 2.41. The molecule has 1 fully saturated rings. The van der Waals surface area contributed by atoms with E-state index in [1.165, 1.54) is 0 Å². The minimum atomic E-state index is -1.33. The van der Waals surface area contributed by atoms with Crippen LogP contribution in [0.1, 0.15) is 38.7 Å². The van der Waals surface area contributed by atoms with Crippen molar-refractivity contribution in [1.82, 2.24) is 4.90 Å². The lowest BCUT2D eigenvalue weighted by Crippen LogP contribution is -2.54. The molecule has 116 valence electrons. The summed E-state index contributed by atoms with van der Waals surface area (Å²) in [4.78, 5) is 14.1. The molecule has 0 spiro atoms. The zero-order valence-corrected chi connectivity index (χ0v) is 13.0. The first-order chi connectivity index (χ1) is 9.93. The lowest BCUT2D eigenvalue weighted by atomic mass is 9.90. The van der Waals surface area contributed by atoms with E-state index in [-0.39, 0.29) is 0 Å². The molecule has 0 heterocycles. The van der Waals surface area contributed by atoms with E-state index in [4.69, 9.17) is 5.73 Å². The molecule has 0 bridgehead atoms. The number of hydrogen-bond acceptors (Lipinski definition) is 3. The quantitative estimate of drug-likeness (QED) is 0.771. The second kappa shape index (κ2) is 6.58. The van der Waals surface area contributed by atoms with E-state index < -0.39 is 11.5 Å². The van der Waals surface area contributed by atoms with Crippen LogP contribution in [0, 0.1) is 5.92 Å². The van der Waals surface area contributed by atoms with Gasteiger partial charge in [-0.15, -0.1) is 0 Å². The van der Waals surface area contributed by atoms with Crippen LogP contribution >= 0.6 is 0 Å². The molecule has 0 saturated heterocycles. The average molecular weight is 290 g/mol. The van der Waals surface area contributed by atoms with Gasteiger partial charge in [0, 0.05) is 12.6 Å². The molecule has 0 amide bonds. The highest BCUT2D eigenvalue weighted by molar-refractivity contribution is 5.80. The minimum absolute atomic E-state index is 0.379. The molecule has 4 heteroatoms. The van der Waals surface area contributed by atoms with Crippen molar-refractivity contribution in [1.29, 1.82) is 0 Å². The van der Waals surface area contributed by atoms with Crippen LogP contribution in [-0.2, 0) is 10.3 Å². The first-order valence-electron chi connectivity index (χ1n) is 7.75. The van der Waals surface area contributed by atoms with Gasteiger partial charge in [0.15, 0.2) is 5.54 Å². The number of nitrogens with zero attached hydrogens (tertiary/aromatic N) is 1. The fourth-order valence-electron chi connectivity index (χ4n) is 2.59. The summed E-state index contributed by atoms with van der Waals surface area (Å²) in [6.45, 7) is 5.68. The normalized spacial score (nSPS) is 18.0. The highest BCUT2D eigenvalue weighted by atomic mass is 16.4.